The first-order valence-corrected chi connectivity index (χ1v) is 3.52. The van der Waals surface area contributed by atoms with Gasteiger partial charge in [0.2, 0.25) is 0 Å². The fraction of sp³-hybridized carbons (Fsp3) is 0.833. The van der Waals surface area contributed by atoms with Crippen molar-refractivity contribution in [2.75, 3.05) is 0 Å². The second-order valence-electron chi connectivity index (χ2n) is 2.65. The molecule has 11 heavy (non-hydrogen) atoms. The second kappa shape index (κ2) is 3.25. The first kappa shape index (κ1) is 7.88. The smallest absolute Gasteiger partial charge is 0.306 e. The van der Waals surface area contributed by atoms with Gasteiger partial charge in [0.05, 0.1) is 12.0 Å². The summed E-state index contributed by atoms with van der Waals surface area (Å²) in [5.74, 6) is -1.30. The second-order valence-corrected chi connectivity index (χ2v) is 2.65. The topological polar surface area (TPSA) is 86.1 Å². The van der Waals surface area contributed by atoms with Crippen LogP contribution < -0.4 is 0 Å². The summed E-state index contributed by atoms with van der Waals surface area (Å²) in [7, 11) is 0. The number of carboxylic acids is 1. The molecule has 0 heterocycles. The van der Waals surface area contributed by atoms with Gasteiger partial charge in [0, 0.05) is 4.91 Å². The lowest BCUT2D eigenvalue weighted by Crippen LogP contribution is -2.20. The monoisotopic (exact) mass is 155 g/mol. The maximum atomic E-state index is 10.5. The van der Waals surface area contributed by atoms with Gasteiger partial charge in [-0.2, -0.15) is 0 Å². The fourth-order valence-corrected chi connectivity index (χ4v) is 1.43. The average molecular weight is 155 g/mol. The minimum atomic E-state index is -0.847. The summed E-state index contributed by atoms with van der Waals surface area (Å²) in [4.78, 5) is 13.1. The summed E-state index contributed by atoms with van der Waals surface area (Å²) < 4.78 is 0. The average Bonchev–Trinajstić information content (AvgIpc) is 2.36. The molecule has 2 atom stereocenters. The van der Waals surface area contributed by atoms with Gasteiger partial charge in [0.1, 0.15) is 0 Å². The number of rotatable bonds is 2. The molecule has 0 aromatic rings. The highest BCUT2D eigenvalue weighted by Crippen LogP contribution is 2.28. The van der Waals surface area contributed by atoms with Crippen LogP contribution in [0.4, 0.5) is 0 Å². The Kier molecular flexibility index (Phi) is 2.33. The zero-order chi connectivity index (χ0) is 8.27. The Balaban J connectivity index is 2.64. The van der Waals surface area contributed by atoms with E-state index in [4.69, 9.17) is 10.6 Å². The lowest BCUT2D eigenvalue weighted by molar-refractivity contribution is -0.141. The number of aliphatic carboxylic acids is 1. The van der Waals surface area contributed by atoms with Crippen LogP contribution in [0.15, 0.2) is 5.11 Å². The number of hydrogen-bond acceptors (Lipinski definition) is 2. The van der Waals surface area contributed by atoms with Gasteiger partial charge in [-0.3, -0.25) is 4.79 Å². The van der Waals surface area contributed by atoms with E-state index in [1.165, 1.54) is 0 Å². The molecular formula is C6H9N3O2. The minimum Gasteiger partial charge on any atom is -0.481 e. The number of nitrogens with zero attached hydrogens (tertiary/aromatic N) is 3. The zero-order valence-electron chi connectivity index (χ0n) is 5.97. The van der Waals surface area contributed by atoms with Gasteiger partial charge in [0.25, 0.3) is 0 Å². The molecule has 5 nitrogen and oxygen atoms in total. The van der Waals surface area contributed by atoms with Gasteiger partial charge in [-0.1, -0.05) is 11.5 Å². The van der Waals surface area contributed by atoms with E-state index in [-0.39, 0.29) is 6.04 Å². The Morgan fingerprint density at radius 2 is 2.36 bits per heavy atom. The molecule has 1 saturated carbocycles. The summed E-state index contributed by atoms with van der Waals surface area (Å²) in [6.45, 7) is 0. The summed E-state index contributed by atoms with van der Waals surface area (Å²) in [5.41, 5.74) is 8.09. The highest BCUT2D eigenvalue weighted by atomic mass is 16.4. The van der Waals surface area contributed by atoms with Crippen molar-refractivity contribution in [3.63, 3.8) is 0 Å². The van der Waals surface area contributed by atoms with E-state index in [9.17, 15) is 4.79 Å². The van der Waals surface area contributed by atoms with Crippen LogP contribution in [-0.4, -0.2) is 17.1 Å². The molecule has 0 saturated heterocycles. The molecule has 60 valence electrons. The van der Waals surface area contributed by atoms with Crippen LogP contribution in [0.3, 0.4) is 0 Å². The minimum absolute atomic E-state index is 0.322. The molecule has 0 spiro atoms. The van der Waals surface area contributed by atoms with E-state index in [0.717, 1.165) is 6.42 Å². The van der Waals surface area contributed by atoms with Gasteiger partial charge < -0.3 is 5.11 Å². The largest absolute Gasteiger partial charge is 0.481 e. The molecule has 2 unspecified atom stereocenters. The van der Waals surface area contributed by atoms with E-state index in [1.807, 2.05) is 0 Å². The molecule has 0 aromatic heterocycles. The lowest BCUT2D eigenvalue weighted by Gasteiger charge is -2.07. The van der Waals surface area contributed by atoms with Gasteiger partial charge >= 0.3 is 5.97 Å². The maximum absolute atomic E-state index is 10.5. The zero-order valence-corrected chi connectivity index (χ0v) is 5.97. The van der Waals surface area contributed by atoms with E-state index >= 15 is 0 Å². The Hall–Kier alpha value is -1.22. The van der Waals surface area contributed by atoms with Crippen molar-refractivity contribution < 1.29 is 9.90 Å². The molecule has 0 radical (unpaired) electrons. The molecule has 0 bridgehead atoms. The molecular weight excluding hydrogens is 146 g/mol. The van der Waals surface area contributed by atoms with E-state index < -0.39 is 11.9 Å². The van der Waals surface area contributed by atoms with E-state index in [2.05, 4.69) is 10.0 Å². The molecule has 5 heteroatoms. The highest BCUT2D eigenvalue weighted by Gasteiger charge is 2.31. The normalized spacial score (nSPS) is 29.5. The van der Waals surface area contributed by atoms with Crippen LogP contribution in [0.1, 0.15) is 19.3 Å². The van der Waals surface area contributed by atoms with Crippen molar-refractivity contribution in [1.29, 1.82) is 0 Å². The summed E-state index contributed by atoms with van der Waals surface area (Å²) in [6, 6.07) is -0.322. The molecule has 1 aliphatic rings. The Bertz CT molecular complexity index is 202. The van der Waals surface area contributed by atoms with Crippen molar-refractivity contribution in [2.24, 2.45) is 11.0 Å². The third kappa shape index (κ3) is 1.62. The van der Waals surface area contributed by atoms with Gasteiger partial charge in [-0.05, 0) is 18.4 Å². The van der Waals surface area contributed by atoms with Crippen LogP contribution >= 0.6 is 0 Å². The fourth-order valence-electron chi connectivity index (χ4n) is 1.43. The van der Waals surface area contributed by atoms with Crippen molar-refractivity contribution >= 4 is 5.97 Å². The molecule has 0 aromatic carbocycles. The Morgan fingerprint density at radius 1 is 1.64 bits per heavy atom. The molecule has 0 amide bonds. The number of carboxylic acid groups (broad SMARTS) is 1. The van der Waals surface area contributed by atoms with Gasteiger partial charge in [-0.15, -0.1) is 0 Å². The molecule has 1 aliphatic carbocycles. The third-order valence-corrected chi connectivity index (χ3v) is 2.00. The predicted molar refractivity (Wildman–Crippen MR) is 37.9 cm³/mol. The Labute approximate surface area is 63.6 Å². The lowest BCUT2D eigenvalue weighted by atomic mass is 10.1. The van der Waals surface area contributed by atoms with Crippen LogP contribution in [0.2, 0.25) is 0 Å². The van der Waals surface area contributed by atoms with Crippen molar-refractivity contribution in [1.82, 2.24) is 0 Å². The van der Waals surface area contributed by atoms with Gasteiger partial charge in [-0.25, -0.2) is 0 Å². The van der Waals surface area contributed by atoms with E-state index in [0.29, 0.717) is 12.8 Å². The number of azide groups is 1. The highest BCUT2D eigenvalue weighted by molar-refractivity contribution is 5.71. The Morgan fingerprint density at radius 3 is 2.91 bits per heavy atom. The molecule has 0 aliphatic heterocycles. The summed E-state index contributed by atoms with van der Waals surface area (Å²) in [6.07, 6.45) is 2.20. The van der Waals surface area contributed by atoms with Crippen LogP contribution in [0, 0.1) is 5.92 Å². The molecule has 1 N–H and O–H groups in total. The van der Waals surface area contributed by atoms with E-state index in [1.54, 1.807) is 0 Å². The third-order valence-electron chi connectivity index (χ3n) is 2.00. The van der Waals surface area contributed by atoms with Gasteiger partial charge in [0.15, 0.2) is 0 Å². The quantitative estimate of drug-likeness (QED) is 0.372. The summed E-state index contributed by atoms with van der Waals surface area (Å²) in [5, 5.41) is 12.1. The van der Waals surface area contributed by atoms with Crippen molar-refractivity contribution in [3.8, 4) is 0 Å². The predicted octanol–water partition coefficient (Wildman–Crippen LogP) is 1.55. The molecule has 1 fully saturated rings. The number of carbonyl (C=O) groups is 1. The standard InChI is InChI=1S/C6H9N3O2/c7-9-8-5-3-1-2-4(5)6(10)11/h4-5H,1-3H2,(H,10,11). The first-order chi connectivity index (χ1) is 5.25. The SMILES string of the molecule is [N-]=[N+]=NC1CCCC1C(=O)O. The van der Waals surface area contributed by atoms with Crippen LogP contribution in [-0.2, 0) is 4.79 Å². The summed E-state index contributed by atoms with van der Waals surface area (Å²) >= 11 is 0. The van der Waals surface area contributed by atoms with Crippen LogP contribution in [0.25, 0.3) is 10.4 Å². The first-order valence-electron chi connectivity index (χ1n) is 3.52. The van der Waals surface area contributed by atoms with Crippen LogP contribution in [0.5, 0.6) is 0 Å². The number of hydrogen-bond donors (Lipinski definition) is 1. The maximum Gasteiger partial charge on any atom is 0.306 e. The van der Waals surface area contributed by atoms with Crippen molar-refractivity contribution in [3.05, 3.63) is 10.4 Å². The molecule has 1 rings (SSSR count). The van der Waals surface area contributed by atoms with Crippen molar-refractivity contribution in [2.45, 2.75) is 25.3 Å².